The zero-order chi connectivity index (χ0) is 18.4. The molecule has 4 aromatic rings. The van der Waals surface area contributed by atoms with Crippen LogP contribution in [0.3, 0.4) is 0 Å². The Morgan fingerprint density at radius 3 is 2.46 bits per heavy atom. The first kappa shape index (κ1) is 16.3. The molecule has 0 N–H and O–H groups in total. The van der Waals surface area contributed by atoms with Gasteiger partial charge in [0.1, 0.15) is 5.75 Å². The summed E-state index contributed by atoms with van der Waals surface area (Å²) in [5, 5.41) is 2.35. The monoisotopic (exact) mass is 344 g/mol. The first-order valence-electron chi connectivity index (χ1n) is 8.54. The molecular weight excluding hydrogens is 324 g/mol. The highest BCUT2D eigenvalue weighted by Crippen LogP contribution is 2.38. The molecule has 26 heavy (non-hydrogen) atoms. The Morgan fingerprint density at radius 1 is 1.08 bits per heavy atom. The van der Waals surface area contributed by atoms with Crippen LogP contribution in [-0.4, -0.2) is 22.4 Å². The number of rotatable bonds is 3. The molecule has 0 saturated carbocycles. The normalized spacial score (nSPS) is 11.2. The lowest BCUT2D eigenvalue weighted by Crippen LogP contribution is -1.94. The van der Waals surface area contributed by atoms with Crippen molar-refractivity contribution in [3.8, 4) is 16.9 Å². The van der Waals surface area contributed by atoms with Gasteiger partial charge in [-0.1, -0.05) is 24.3 Å². The van der Waals surface area contributed by atoms with E-state index in [1.165, 1.54) is 10.8 Å². The molecule has 2 aromatic heterocycles. The Bertz CT molecular complexity index is 1150. The number of hydrogen-bond donors (Lipinski definition) is 0. The highest BCUT2D eigenvalue weighted by Gasteiger charge is 2.15. The third-order valence-electron chi connectivity index (χ3n) is 5.01. The maximum Gasteiger partial charge on any atom is 0.159 e. The second kappa shape index (κ2) is 5.99. The van der Waals surface area contributed by atoms with Gasteiger partial charge >= 0.3 is 0 Å². The second-order valence-electron chi connectivity index (χ2n) is 6.55. The van der Waals surface area contributed by atoms with Gasteiger partial charge in [0.2, 0.25) is 0 Å². The Balaban J connectivity index is 2.02. The van der Waals surface area contributed by atoms with Gasteiger partial charge in [-0.15, -0.1) is 0 Å². The molecule has 4 rings (SSSR count). The van der Waals surface area contributed by atoms with E-state index in [9.17, 15) is 4.79 Å². The molecular formula is C22H20N2O2. The Kier molecular flexibility index (Phi) is 3.76. The molecule has 4 heteroatoms. The highest BCUT2D eigenvalue weighted by molar-refractivity contribution is 6.10. The fourth-order valence-corrected chi connectivity index (χ4v) is 3.66. The third kappa shape index (κ3) is 2.37. The number of methoxy groups -OCH3 is 1. The minimum Gasteiger partial charge on any atom is -0.496 e. The number of fused-ring (bicyclic) bond motifs is 3. The lowest BCUT2D eigenvalue weighted by atomic mass is 9.99. The van der Waals surface area contributed by atoms with Crippen molar-refractivity contribution in [1.29, 1.82) is 0 Å². The predicted molar refractivity (Wildman–Crippen MR) is 105 cm³/mol. The van der Waals surface area contributed by atoms with Crippen molar-refractivity contribution in [1.82, 2.24) is 9.55 Å². The van der Waals surface area contributed by atoms with Crippen LogP contribution in [0.1, 0.15) is 23.0 Å². The van der Waals surface area contributed by atoms with Gasteiger partial charge in [-0.05, 0) is 31.5 Å². The van der Waals surface area contributed by atoms with E-state index in [4.69, 9.17) is 4.74 Å². The molecule has 0 fully saturated rings. The number of aromatic nitrogens is 2. The highest BCUT2D eigenvalue weighted by atomic mass is 16.5. The maximum absolute atomic E-state index is 11.5. The smallest absolute Gasteiger partial charge is 0.159 e. The van der Waals surface area contributed by atoms with Crippen molar-refractivity contribution in [3.63, 3.8) is 0 Å². The van der Waals surface area contributed by atoms with E-state index in [1.54, 1.807) is 14.0 Å². The average molecular weight is 344 g/mol. The zero-order valence-electron chi connectivity index (χ0n) is 15.3. The number of benzene rings is 2. The predicted octanol–water partition coefficient (Wildman–Crippen LogP) is 4.91. The van der Waals surface area contributed by atoms with Crippen LogP contribution in [0.4, 0.5) is 0 Å². The summed E-state index contributed by atoms with van der Waals surface area (Å²) in [6, 6.07) is 14.0. The van der Waals surface area contributed by atoms with Gasteiger partial charge in [0.05, 0.1) is 23.8 Å². The van der Waals surface area contributed by atoms with E-state index in [-0.39, 0.29) is 5.78 Å². The molecule has 0 amide bonds. The molecule has 0 atom stereocenters. The Morgan fingerprint density at radius 2 is 1.81 bits per heavy atom. The number of hydrogen-bond acceptors (Lipinski definition) is 3. The lowest BCUT2D eigenvalue weighted by Gasteiger charge is -2.10. The number of ketones is 1. The Hall–Kier alpha value is -3.14. The zero-order valence-corrected chi connectivity index (χ0v) is 15.3. The number of carbonyl (C=O) groups excluding carboxylic acids is 1. The van der Waals surface area contributed by atoms with Crippen LogP contribution in [0, 0.1) is 6.92 Å². The van der Waals surface area contributed by atoms with E-state index in [0.29, 0.717) is 5.56 Å². The summed E-state index contributed by atoms with van der Waals surface area (Å²) < 4.78 is 7.84. The van der Waals surface area contributed by atoms with E-state index >= 15 is 0 Å². The van der Waals surface area contributed by atoms with Gasteiger partial charge < -0.3 is 9.30 Å². The molecule has 4 nitrogen and oxygen atoms in total. The Labute approximate surface area is 152 Å². The van der Waals surface area contributed by atoms with Gasteiger partial charge in [-0.2, -0.15) is 0 Å². The first-order valence-corrected chi connectivity index (χ1v) is 8.54. The fraction of sp³-hybridized carbons (Fsp3) is 0.182. The summed E-state index contributed by atoms with van der Waals surface area (Å²) in [7, 11) is 3.74. The summed E-state index contributed by atoms with van der Waals surface area (Å²) >= 11 is 0. The van der Waals surface area contributed by atoms with Crippen molar-refractivity contribution in [2.24, 2.45) is 7.05 Å². The largest absolute Gasteiger partial charge is 0.496 e. The first-order chi connectivity index (χ1) is 12.5. The van der Waals surface area contributed by atoms with Crippen LogP contribution < -0.4 is 4.74 Å². The van der Waals surface area contributed by atoms with Gasteiger partial charge in [0.15, 0.2) is 5.78 Å². The summed E-state index contributed by atoms with van der Waals surface area (Å²) in [6.07, 6.45) is 1.85. The van der Waals surface area contributed by atoms with Crippen molar-refractivity contribution in [2.45, 2.75) is 13.8 Å². The van der Waals surface area contributed by atoms with Crippen LogP contribution in [0.25, 0.3) is 32.9 Å². The summed E-state index contributed by atoms with van der Waals surface area (Å²) in [5.74, 6) is 0.876. The maximum atomic E-state index is 11.5. The minimum atomic E-state index is 0.0657. The lowest BCUT2D eigenvalue weighted by molar-refractivity contribution is 0.101. The van der Waals surface area contributed by atoms with Crippen LogP contribution in [-0.2, 0) is 7.05 Å². The topological polar surface area (TPSA) is 44.1 Å². The average Bonchev–Trinajstić information content (AvgIpc) is 2.94. The molecule has 0 aliphatic rings. The number of ether oxygens (including phenoxy) is 1. The van der Waals surface area contributed by atoms with Crippen molar-refractivity contribution in [2.75, 3.05) is 7.11 Å². The van der Waals surface area contributed by atoms with E-state index in [1.807, 2.05) is 37.4 Å². The molecule has 0 radical (unpaired) electrons. The number of carbonyl (C=O) groups is 1. The minimum absolute atomic E-state index is 0.0657. The quantitative estimate of drug-likeness (QED) is 0.496. The molecule has 2 aromatic carbocycles. The number of Topliss-reactive ketones (excluding diaryl/α,β-unsaturated/α-hetero) is 1. The standard InChI is InChI=1S/C22H20N2O2/c1-13-22-17(9-10-23-13)19-11-18(21(26-4)12-20(19)24(22)3)16-7-5-15(6-8-16)14(2)25/h5-12H,1-4H3. The van der Waals surface area contributed by atoms with Crippen LogP contribution in [0.5, 0.6) is 5.75 Å². The van der Waals surface area contributed by atoms with E-state index in [0.717, 1.165) is 33.6 Å². The SMILES string of the molecule is COc1cc2c(cc1-c1ccc(C(C)=O)cc1)c1ccnc(C)c1n2C. The molecule has 0 aliphatic carbocycles. The van der Waals surface area contributed by atoms with Gasteiger partial charge in [-0.3, -0.25) is 9.78 Å². The van der Waals surface area contributed by atoms with Gasteiger partial charge in [0.25, 0.3) is 0 Å². The number of pyridine rings is 1. The summed E-state index contributed by atoms with van der Waals surface area (Å²) in [4.78, 5) is 16.0. The second-order valence-corrected chi connectivity index (χ2v) is 6.55. The van der Waals surface area contributed by atoms with Crippen LogP contribution in [0.15, 0.2) is 48.7 Å². The summed E-state index contributed by atoms with van der Waals surface area (Å²) in [6.45, 7) is 3.61. The van der Waals surface area contributed by atoms with Crippen molar-refractivity contribution in [3.05, 3.63) is 59.9 Å². The third-order valence-corrected chi connectivity index (χ3v) is 5.01. The molecule has 2 heterocycles. The van der Waals surface area contributed by atoms with Crippen molar-refractivity contribution >= 4 is 27.6 Å². The van der Waals surface area contributed by atoms with Crippen LogP contribution in [0.2, 0.25) is 0 Å². The van der Waals surface area contributed by atoms with Crippen molar-refractivity contribution < 1.29 is 9.53 Å². The van der Waals surface area contributed by atoms with Gasteiger partial charge in [0, 0.05) is 41.2 Å². The van der Waals surface area contributed by atoms with Crippen LogP contribution >= 0.6 is 0 Å². The summed E-state index contributed by atoms with van der Waals surface area (Å²) in [5.41, 5.74) is 5.99. The van der Waals surface area contributed by atoms with E-state index in [2.05, 4.69) is 34.8 Å². The number of nitrogens with zero attached hydrogens (tertiary/aromatic N) is 2. The molecule has 0 spiro atoms. The molecule has 0 saturated heterocycles. The van der Waals surface area contributed by atoms with E-state index < -0.39 is 0 Å². The molecule has 0 aliphatic heterocycles. The molecule has 0 unspecified atom stereocenters. The van der Waals surface area contributed by atoms with Gasteiger partial charge in [-0.25, -0.2) is 0 Å². The molecule has 130 valence electrons. The fourth-order valence-electron chi connectivity index (χ4n) is 3.66. The number of aryl methyl sites for hydroxylation is 2. The molecule has 0 bridgehead atoms.